The molecule has 1 atom stereocenters. The highest BCUT2D eigenvalue weighted by Crippen LogP contribution is 2.13. The van der Waals surface area contributed by atoms with Crippen molar-refractivity contribution in [2.75, 3.05) is 13.2 Å². The fourth-order valence-electron chi connectivity index (χ4n) is 2.06. The largest absolute Gasteiger partial charge is 0.477 e. The van der Waals surface area contributed by atoms with Crippen LogP contribution in [0, 0.1) is 0 Å². The van der Waals surface area contributed by atoms with E-state index in [4.69, 9.17) is 16.3 Å². The summed E-state index contributed by atoms with van der Waals surface area (Å²) < 4.78 is 5.49. The predicted octanol–water partition coefficient (Wildman–Crippen LogP) is 2.43. The van der Waals surface area contributed by atoms with Crippen molar-refractivity contribution in [1.29, 1.82) is 0 Å². The first kappa shape index (κ1) is 12.6. The summed E-state index contributed by atoms with van der Waals surface area (Å²) in [6.07, 6.45) is 6.16. The standard InChI is InChI=1S/C12H18ClN3O/c13-11-6-7-12(16-15-11)17-9-3-5-10-4-1-2-8-14-10/h6-7,10,14H,1-5,8-9H2/t10-/m0/s1. The summed E-state index contributed by atoms with van der Waals surface area (Å²) in [7, 11) is 0. The van der Waals surface area contributed by atoms with Crippen LogP contribution in [0.15, 0.2) is 12.1 Å². The van der Waals surface area contributed by atoms with Crippen molar-refractivity contribution in [1.82, 2.24) is 15.5 Å². The number of ether oxygens (including phenoxy) is 1. The van der Waals surface area contributed by atoms with Crippen LogP contribution in [0.1, 0.15) is 32.1 Å². The molecular weight excluding hydrogens is 238 g/mol. The third-order valence-corrected chi connectivity index (χ3v) is 3.17. The zero-order valence-corrected chi connectivity index (χ0v) is 10.6. The van der Waals surface area contributed by atoms with Gasteiger partial charge in [-0.15, -0.1) is 10.2 Å². The van der Waals surface area contributed by atoms with E-state index in [1.165, 1.54) is 25.7 Å². The molecule has 0 spiro atoms. The number of piperidine rings is 1. The summed E-state index contributed by atoms with van der Waals surface area (Å²) in [6.45, 7) is 1.85. The fraction of sp³-hybridized carbons (Fsp3) is 0.667. The lowest BCUT2D eigenvalue weighted by Crippen LogP contribution is -2.34. The minimum absolute atomic E-state index is 0.392. The van der Waals surface area contributed by atoms with Crippen LogP contribution in [-0.4, -0.2) is 29.4 Å². The van der Waals surface area contributed by atoms with Crippen molar-refractivity contribution in [2.24, 2.45) is 0 Å². The normalized spacial score (nSPS) is 20.2. The molecule has 0 bridgehead atoms. The van der Waals surface area contributed by atoms with Gasteiger partial charge in [0.25, 0.3) is 0 Å². The molecule has 0 unspecified atom stereocenters. The summed E-state index contributed by atoms with van der Waals surface area (Å²) in [5.74, 6) is 0.547. The summed E-state index contributed by atoms with van der Waals surface area (Å²) in [5, 5.41) is 11.5. The van der Waals surface area contributed by atoms with Crippen LogP contribution in [-0.2, 0) is 0 Å². The Morgan fingerprint density at radius 1 is 1.35 bits per heavy atom. The van der Waals surface area contributed by atoms with E-state index in [1.54, 1.807) is 12.1 Å². The van der Waals surface area contributed by atoms with Crippen LogP contribution in [0.4, 0.5) is 0 Å². The molecule has 1 aliphatic heterocycles. The number of hydrogen-bond donors (Lipinski definition) is 1. The molecule has 0 aromatic carbocycles. The molecule has 0 aliphatic carbocycles. The maximum absolute atomic E-state index is 5.64. The molecule has 0 amide bonds. The third kappa shape index (κ3) is 4.48. The van der Waals surface area contributed by atoms with Gasteiger partial charge in [-0.1, -0.05) is 18.0 Å². The molecule has 17 heavy (non-hydrogen) atoms. The van der Waals surface area contributed by atoms with Crippen LogP contribution < -0.4 is 10.1 Å². The van der Waals surface area contributed by atoms with Gasteiger partial charge in [-0.3, -0.25) is 0 Å². The van der Waals surface area contributed by atoms with Crippen LogP contribution >= 0.6 is 11.6 Å². The second-order valence-electron chi connectivity index (χ2n) is 4.33. The molecule has 94 valence electrons. The zero-order valence-electron chi connectivity index (χ0n) is 9.86. The van der Waals surface area contributed by atoms with E-state index in [9.17, 15) is 0 Å². The summed E-state index contributed by atoms with van der Waals surface area (Å²) in [6, 6.07) is 4.10. The van der Waals surface area contributed by atoms with Gasteiger partial charge < -0.3 is 10.1 Å². The summed E-state index contributed by atoms with van der Waals surface area (Å²) in [5.41, 5.74) is 0. The van der Waals surface area contributed by atoms with E-state index < -0.39 is 0 Å². The van der Waals surface area contributed by atoms with Gasteiger partial charge in [-0.25, -0.2) is 0 Å². The predicted molar refractivity (Wildman–Crippen MR) is 67.4 cm³/mol. The Labute approximate surface area is 107 Å². The second kappa shape index (κ2) is 6.77. The molecule has 4 nitrogen and oxygen atoms in total. The fourth-order valence-corrected chi connectivity index (χ4v) is 2.16. The Morgan fingerprint density at radius 3 is 3.00 bits per heavy atom. The maximum Gasteiger partial charge on any atom is 0.233 e. The first-order valence-corrected chi connectivity index (χ1v) is 6.58. The molecular formula is C12H18ClN3O. The molecule has 1 aromatic rings. The number of nitrogens with zero attached hydrogens (tertiary/aromatic N) is 2. The van der Waals surface area contributed by atoms with Crippen molar-refractivity contribution in [3.63, 3.8) is 0 Å². The Morgan fingerprint density at radius 2 is 2.29 bits per heavy atom. The van der Waals surface area contributed by atoms with Gasteiger partial charge in [0.05, 0.1) is 6.61 Å². The minimum atomic E-state index is 0.392. The summed E-state index contributed by atoms with van der Waals surface area (Å²) in [4.78, 5) is 0. The van der Waals surface area contributed by atoms with Crippen LogP contribution in [0.2, 0.25) is 5.15 Å². The Kier molecular flexibility index (Phi) is 5.01. The zero-order chi connectivity index (χ0) is 11.9. The molecule has 2 heterocycles. The van der Waals surface area contributed by atoms with Crippen molar-refractivity contribution in [3.05, 3.63) is 17.3 Å². The van der Waals surface area contributed by atoms with Gasteiger partial charge in [0.1, 0.15) is 0 Å². The van der Waals surface area contributed by atoms with Gasteiger partial charge in [0, 0.05) is 12.1 Å². The lowest BCUT2D eigenvalue weighted by molar-refractivity contribution is 0.274. The monoisotopic (exact) mass is 255 g/mol. The van der Waals surface area contributed by atoms with E-state index in [1.807, 2.05) is 0 Å². The molecule has 1 aliphatic rings. The van der Waals surface area contributed by atoms with Crippen molar-refractivity contribution >= 4 is 11.6 Å². The van der Waals surface area contributed by atoms with Crippen molar-refractivity contribution in [3.8, 4) is 5.88 Å². The first-order chi connectivity index (χ1) is 8.34. The topological polar surface area (TPSA) is 47.0 Å². The average molecular weight is 256 g/mol. The van der Waals surface area contributed by atoms with E-state index in [0.29, 0.717) is 23.7 Å². The highest BCUT2D eigenvalue weighted by Gasteiger charge is 2.11. The molecule has 2 rings (SSSR count). The van der Waals surface area contributed by atoms with Crippen LogP contribution in [0.5, 0.6) is 5.88 Å². The van der Waals surface area contributed by atoms with Gasteiger partial charge >= 0.3 is 0 Å². The van der Waals surface area contributed by atoms with Crippen molar-refractivity contribution < 1.29 is 4.74 Å². The van der Waals surface area contributed by atoms with E-state index in [2.05, 4.69) is 15.5 Å². The number of halogens is 1. The van der Waals surface area contributed by atoms with Crippen molar-refractivity contribution in [2.45, 2.75) is 38.1 Å². The maximum atomic E-state index is 5.64. The molecule has 1 N–H and O–H groups in total. The van der Waals surface area contributed by atoms with Gasteiger partial charge in [0.2, 0.25) is 5.88 Å². The Bertz CT molecular complexity index is 325. The SMILES string of the molecule is Clc1ccc(OCCC[C@@H]2CCCCN2)nn1. The highest BCUT2D eigenvalue weighted by molar-refractivity contribution is 6.29. The third-order valence-electron chi connectivity index (χ3n) is 2.97. The molecule has 0 saturated carbocycles. The van der Waals surface area contributed by atoms with Crippen LogP contribution in [0.25, 0.3) is 0 Å². The quantitative estimate of drug-likeness (QED) is 0.821. The number of nitrogens with one attached hydrogen (secondary N) is 1. The Balaban J connectivity index is 1.60. The van der Waals surface area contributed by atoms with Gasteiger partial charge in [-0.2, -0.15) is 0 Å². The Hall–Kier alpha value is -0.870. The van der Waals surface area contributed by atoms with Gasteiger partial charge in [-0.05, 0) is 38.3 Å². The van der Waals surface area contributed by atoms with E-state index in [-0.39, 0.29) is 0 Å². The number of rotatable bonds is 5. The van der Waals surface area contributed by atoms with Gasteiger partial charge in [0.15, 0.2) is 5.15 Å². The molecule has 1 aromatic heterocycles. The molecule has 1 fully saturated rings. The average Bonchev–Trinajstić information content (AvgIpc) is 2.38. The lowest BCUT2D eigenvalue weighted by atomic mass is 10.0. The smallest absolute Gasteiger partial charge is 0.233 e. The minimum Gasteiger partial charge on any atom is -0.477 e. The second-order valence-corrected chi connectivity index (χ2v) is 4.72. The molecule has 0 radical (unpaired) electrons. The molecule has 1 saturated heterocycles. The summed E-state index contributed by atoms with van der Waals surface area (Å²) >= 11 is 5.64. The molecule has 5 heteroatoms. The van der Waals surface area contributed by atoms with Crippen LogP contribution in [0.3, 0.4) is 0 Å². The van der Waals surface area contributed by atoms with E-state index >= 15 is 0 Å². The first-order valence-electron chi connectivity index (χ1n) is 6.20. The van der Waals surface area contributed by atoms with E-state index in [0.717, 1.165) is 13.0 Å². The highest BCUT2D eigenvalue weighted by atomic mass is 35.5. The number of aromatic nitrogens is 2. The lowest BCUT2D eigenvalue weighted by Gasteiger charge is -2.23. The number of hydrogen-bond acceptors (Lipinski definition) is 4.